The number of nitrogens with zero attached hydrogens (tertiary/aromatic N) is 5. The van der Waals surface area contributed by atoms with Crippen LogP contribution < -0.4 is 5.73 Å². The van der Waals surface area contributed by atoms with Crippen LogP contribution >= 0.6 is 31.9 Å². The van der Waals surface area contributed by atoms with E-state index in [1.165, 1.54) is 6.20 Å². The van der Waals surface area contributed by atoms with Crippen molar-refractivity contribution < 1.29 is 8.78 Å². The third-order valence-electron chi connectivity index (χ3n) is 4.27. The summed E-state index contributed by atoms with van der Waals surface area (Å²) >= 11 is 6.64. The molecule has 0 unspecified atom stereocenters. The average molecular weight is 560 g/mol. The van der Waals surface area contributed by atoms with Crippen molar-refractivity contribution in [3.63, 3.8) is 0 Å². The van der Waals surface area contributed by atoms with E-state index in [4.69, 9.17) is 11.3 Å². The summed E-state index contributed by atoms with van der Waals surface area (Å²) in [7, 11) is 0. The number of azide groups is 1. The van der Waals surface area contributed by atoms with Crippen LogP contribution in [0.15, 0.2) is 87.4 Å². The van der Waals surface area contributed by atoms with Crippen molar-refractivity contribution in [1.82, 2.24) is 9.97 Å². The fraction of sp³-hybridized carbons (Fsp3) is 0. The van der Waals surface area contributed by atoms with Crippen molar-refractivity contribution in [2.24, 2.45) is 5.11 Å². The zero-order valence-corrected chi connectivity index (χ0v) is 19.4. The lowest BCUT2D eigenvalue weighted by Crippen LogP contribution is -1.95. The maximum atomic E-state index is 13.5. The Morgan fingerprint density at radius 2 is 1.22 bits per heavy atom. The molecular weight excluding hydrogens is 546 g/mol. The normalized spacial score (nSPS) is 10.0. The molecule has 0 atom stereocenters. The van der Waals surface area contributed by atoms with Gasteiger partial charge in [-0.05, 0) is 40.9 Å². The Bertz CT molecular complexity index is 1270. The van der Waals surface area contributed by atoms with Crippen molar-refractivity contribution in [3.05, 3.63) is 104 Å². The standard InChI is InChI=1S/C11H6BrFN4.C11H8BrFN2/c12-8-3-1-7(2-4-8)9-5-15-6-10(13)11(9)16-17-14;12-8-3-1-7(2-4-8)9-5-15-6-10(13)11(9)14/h1-6H;1-6H,(H2,14,15). The number of nitrogens with two attached hydrogens (primary N) is 1. The van der Waals surface area contributed by atoms with Gasteiger partial charge in [0.1, 0.15) is 0 Å². The summed E-state index contributed by atoms with van der Waals surface area (Å²) in [6.07, 6.45) is 5.15. The molecule has 0 aliphatic carbocycles. The van der Waals surface area contributed by atoms with Crippen LogP contribution in [0.3, 0.4) is 0 Å². The van der Waals surface area contributed by atoms with Crippen LogP contribution in [0.4, 0.5) is 20.2 Å². The van der Waals surface area contributed by atoms with E-state index in [1.54, 1.807) is 18.3 Å². The molecule has 2 aromatic carbocycles. The van der Waals surface area contributed by atoms with Crippen molar-refractivity contribution >= 4 is 43.2 Å². The Hall–Kier alpha value is -3.33. The molecule has 0 saturated carbocycles. The molecule has 2 aromatic heterocycles. The van der Waals surface area contributed by atoms with Crippen LogP contribution in [0.2, 0.25) is 0 Å². The lowest BCUT2D eigenvalue weighted by Gasteiger charge is -2.05. The van der Waals surface area contributed by atoms with E-state index < -0.39 is 11.6 Å². The Labute approximate surface area is 199 Å². The van der Waals surface area contributed by atoms with Crippen LogP contribution in [-0.2, 0) is 0 Å². The minimum atomic E-state index is -0.636. The van der Waals surface area contributed by atoms with E-state index in [-0.39, 0.29) is 11.4 Å². The molecule has 0 fully saturated rings. The minimum Gasteiger partial charge on any atom is -0.396 e. The minimum absolute atomic E-state index is 0.0372. The van der Waals surface area contributed by atoms with Crippen molar-refractivity contribution in [2.75, 3.05) is 5.73 Å². The highest BCUT2D eigenvalue weighted by Gasteiger charge is 2.09. The topological polar surface area (TPSA) is 101 Å². The molecule has 2 heterocycles. The molecule has 160 valence electrons. The zero-order chi connectivity index (χ0) is 23.1. The van der Waals surface area contributed by atoms with E-state index in [0.717, 1.165) is 32.5 Å². The number of aromatic nitrogens is 2. The Morgan fingerprint density at radius 1 is 0.750 bits per heavy atom. The lowest BCUT2D eigenvalue weighted by atomic mass is 10.1. The second-order valence-corrected chi connectivity index (χ2v) is 8.13. The molecule has 0 saturated heterocycles. The van der Waals surface area contributed by atoms with Crippen molar-refractivity contribution in [3.8, 4) is 22.3 Å². The van der Waals surface area contributed by atoms with Crippen LogP contribution in [0.25, 0.3) is 32.7 Å². The highest BCUT2D eigenvalue weighted by molar-refractivity contribution is 9.10. The lowest BCUT2D eigenvalue weighted by molar-refractivity contribution is 0.624. The Morgan fingerprint density at radius 3 is 1.75 bits per heavy atom. The summed E-state index contributed by atoms with van der Waals surface area (Å²) < 4.78 is 28.5. The summed E-state index contributed by atoms with van der Waals surface area (Å²) in [6.45, 7) is 0. The van der Waals surface area contributed by atoms with Crippen molar-refractivity contribution in [1.29, 1.82) is 0 Å². The van der Waals surface area contributed by atoms with E-state index in [2.05, 4.69) is 51.9 Å². The fourth-order valence-corrected chi connectivity index (χ4v) is 3.25. The maximum Gasteiger partial charge on any atom is 0.164 e. The molecule has 0 radical (unpaired) electrons. The first kappa shape index (κ1) is 23.3. The van der Waals surface area contributed by atoms with E-state index >= 15 is 0 Å². The first-order chi connectivity index (χ1) is 15.4. The molecule has 4 rings (SSSR count). The predicted octanol–water partition coefficient (Wildman–Crippen LogP) is 7.82. The number of rotatable bonds is 3. The molecule has 0 spiro atoms. The van der Waals surface area contributed by atoms with Gasteiger partial charge < -0.3 is 5.73 Å². The van der Waals surface area contributed by atoms with Crippen LogP contribution in [0.5, 0.6) is 0 Å². The number of hydrogen-bond acceptors (Lipinski definition) is 4. The van der Waals surface area contributed by atoms with Crippen LogP contribution in [0, 0.1) is 11.6 Å². The summed E-state index contributed by atoms with van der Waals surface area (Å²) in [6, 6.07) is 14.7. The molecule has 4 aromatic rings. The van der Waals surface area contributed by atoms with Gasteiger partial charge in [-0.1, -0.05) is 61.2 Å². The first-order valence-electron chi connectivity index (χ1n) is 9.00. The summed E-state index contributed by atoms with van der Waals surface area (Å²) in [5.41, 5.74) is 16.8. The zero-order valence-electron chi connectivity index (χ0n) is 16.3. The Balaban J connectivity index is 0.000000182. The smallest absolute Gasteiger partial charge is 0.164 e. The van der Waals surface area contributed by atoms with Gasteiger partial charge in [0.25, 0.3) is 0 Å². The Kier molecular flexibility index (Phi) is 7.88. The number of pyridine rings is 2. The molecule has 6 nitrogen and oxygen atoms in total. The van der Waals surface area contributed by atoms with Gasteiger partial charge in [-0.3, -0.25) is 9.97 Å². The number of hydrogen-bond donors (Lipinski definition) is 1. The van der Waals surface area contributed by atoms with Crippen molar-refractivity contribution in [2.45, 2.75) is 0 Å². The number of halogens is 4. The van der Waals surface area contributed by atoms with E-state index in [1.807, 2.05) is 36.4 Å². The van der Waals surface area contributed by atoms with E-state index in [0.29, 0.717) is 11.1 Å². The second kappa shape index (κ2) is 10.8. The van der Waals surface area contributed by atoms with Gasteiger partial charge in [-0.2, -0.15) is 0 Å². The number of anilines is 1. The third kappa shape index (κ3) is 5.67. The molecule has 0 amide bonds. The molecule has 32 heavy (non-hydrogen) atoms. The number of nitrogen functional groups attached to an aromatic ring is 1. The van der Waals surface area contributed by atoms with Crippen LogP contribution in [0.1, 0.15) is 0 Å². The highest BCUT2D eigenvalue weighted by Crippen LogP contribution is 2.32. The fourth-order valence-electron chi connectivity index (χ4n) is 2.72. The summed E-state index contributed by atoms with van der Waals surface area (Å²) in [5, 5.41) is 3.36. The van der Waals surface area contributed by atoms with Gasteiger partial charge in [-0.15, -0.1) is 0 Å². The molecule has 0 bridgehead atoms. The van der Waals surface area contributed by atoms with E-state index in [9.17, 15) is 8.78 Å². The van der Waals surface area contributed by atoms with Gasteiger partial charge in [-0.25, -0.2) is 8.78 Å². The first-order valence-corrected chi connectivity index (χ1v) is 10.6. The van der Waals surface area contributed by atoms with Gasteiger partial charge in [0, 0.05) is 37.4 Å². The molecule has 2 N–H and O–H groups in total. The predicted molar refractivity (Wildman–Crippen MR) is 128 cm³/mol. The molecule has 0 aliphatic rings. The third-order valence-corrected chi connectivity index (χ3v) is 5.32. The quantitative estimate of drug-likeness (QED) is 0.157. The van der Waals surface area contributed by atoms with Gasteiger partial charge in [0.05, 0.1) is 23.8 Å². The largest absolute Gasteiger partial charge is 0.396 e. The maximum absolute atomic E-state index is 13.5. The molecule has 0 aliphatic heterocycles. The monoisotopic (exact) mass is 558 g/mol. The average Bonchev–Trinajstić information content (AvgIpc) is 2.79. The summed E-state index contributed by atoms with van der Waals surface area (Å²) in [4.78, 5) is 10.2. The number of benzene rings is 2. The SMILES string of the molecule is Nc1c(F)cncc1-c1ccc(Br)cc1.[N-]=[N+]=Nc1c(F)cncc1-c1ccc(Br)cc1. The van der Waals surface area contributed by atoms with Gasteiger partial charge in [0.15, 0.2) is 11.6 Å². The van der Waals surface area contributed by atoms with Crippen LogP contribution in [-0.4, -0.2) is 9.97 Å². The molecular formula is C22H14Br2F2N6. The van der Waals surface area contributed by atoms with Gasteiger partial charge >= 0.3 is 0 Å². The highest BCUT2D eigenvalue weighted by atomic mass is 79.9. The summed E-state index contributed by atoms with van der Waals surface area (Å²) in [5.74, 6) is -1.13. The van der Waals surface area contributed by atoms with Gasteiger partial charge in [0.2, 0.25) is 0 Å². The second-order valence-electron chi connectivity index (χ2n) is 6.30. The molecule has 10 heteroatoms.